The molecule has 4 nitrogen and oxygen atoms in total. The van der Waals surface area contributed by atoms with E-state index in [9.17, 15) is 0 Å². The van der Waals surface area contributed by atoms with Gasteiger partial charge in [-0.15, -0.1) is 0 Å². The van der Waals surface area contributed by atoms with Crippen LogP contribution < -0.4 is 20.6 Å². The van der Waals surface area contributed by atoms with E-state index in [-0.39, 0.29) is 28.6 Å². The van der Waals surface area contributed by atoms with Gasteiger partial charge in [0, 0.05) is 56.0 Å². The molecule has 0 spiro atoms. The highest BCUT2D eigenvalue weighted by Crippen LogP contribution is 2.63. The van der Waals surface area contributed by atoms with Crippen molar-refractivity contribution in [3.8, 4) is 11.1 Å². The first kappa shape index (κ1) is 34.6. The maximum Gasteiger partial charge on any atom is 0.333 e. The Labute approximate surface area is 341 Å². The Morgan fingerprint density at radius 2 is 1.29 bits per heavy atom. The number of fused-ring (bicyclic) bond motifs is 15. The third-order valence-corrected chi connectivity index (χ3v) is 15.2. The second-order valence-corrected chi connectivity index (χ2v) is 20.5. The van der Waals surface area contributed by atoms with Crippen molar-refractivity contribution in [2.45, 2.75) is 110 Å². The first-order valence-electron chi connectivity index (χ1n) is 21.5. The smallest absolute Gasteiger partial charge is 0.333 e. The fraction of sp³-hybridized carbons (Fsp3) is 0.321. The maximum atomic E-state index is 6.95. The van der Waals surface area contributed by atoms with E-state index in [4.69, 9.17) is 8.83 Å². The zero-order valence-corrected chi connectivity index (χ0v) is 35.4. The number of hydrogen-bond donors (Lipinski definition) is 0. The molecule has 5 heteroatoms. The average molecular weight is 759 g/mol. The standard InChI is InChI=1S/C53H51BN2O2/c1-30-26-31(50(2,3)4)20-22-38(30)56-48-35(21-23-42-45(48)34-17-11-13-19-41(34)57-42)46-44-33-16-10-12-18-40(33)58-43(44)29-39-47(46)54(56)37-28-32(51(5,6)7)27-36-49(37)55(39)53(9)25-15-14-24-52(36,53)8/h10-13,16-23,26-29H,14-15,24-25H2,1-9H3. The first-order chi connectivity index (χ1) is 27.7. The van der Waals surface area contributed by atoms with Crippen molar-refractivity contribution < 1.29 is 8.83 Å². The molecule has 8 aromatic rings. The monoisotopic (exact) mass is 758 g/mol. The fourth-order valence-corrected chi connectivity index (χ4v) is 12.0. The Bertz CT molecular complexity index is 3120. The number of benzene rings is 6. The van der Waals surface area contributed by atoms with Crippen LogP contribution in [0.25, 0.3) is 55.0 Å². The van der Waals surface area contributed by atoms with Crippen molar-refractivity contribution in [1.82, 2.24) is 0 Å². The van der Waals surface area contributed by atoms with Gasteiger partial charge in [-0.3, -0.25) is 0 Å². The van der Waals surface area contributed by atoms with Crippen molar-refractivity contribution in [3.63, 3.8) is 0 Å². The molecule has 1 fully saturated rings. The molecule has 3 aliphatic heterocycles. The number of rotatable bonds is 1. The lowest BCUT2D eigenvalue weighted by atomic mass is 9.42. The highest BCUT2D eigenvalue weighted by molar-refractivity contribution is 6.94. The first-order valence-corrected chi connectivity index (χ1v) is 21.5. The number of nitrogens with zero attached hydrogens (tertiary/aromatic N) is 2. The molecular formula is C53H51BN2O2. The largest absolute Gasteiger partial charge is 0.456 e. The zero-order chi connectivity index (χ0) is 39.8. The molecule has 0 N–H and O–H groups in total. The number of anilines is 4. The van der Waals surface area contributed by atoms with Crippen LogP contribution in [0.2, 0.25) is 0 Å². The van der Waals surface area contributed by atoms with Crippen LogP contribution >= 0.6 is 0 Å². The second kappa shape index (κ2) is 11.0. The molecule has 12 rings (SSSR count). The van der Waals surface area contributed by atoms with E-state index in [0.717, 1.165) is 34.1 Å². The molecule has 2 unspecified atom stereocenters. The second-order valence-electron chi connectivity index (χ2n) is 20.5. The molecule has 2 atom stereocenters. The minimum absolute atomic E-state index is 0.0181. The van der Waals surface area contributed by atoms with E-state index in [1.165, 1.54) is 102 Å². The summed E-state index contributed by atoms with van der Waals surface area (Å²) in [7, 11) is 0. The van der Waals surface area contributed by atoms with Crippen LogP contribution in [0.4, 0.5) is 22.7 Å². The van der Waals surface area contributed by atoms with E-state index in [1.54, 1.807) is 0 Å². The number of hydrogen-bond acceptors (Lipinski definition) is 4. The highest BCUT2D eigenvalue weighted by Gasteiger charge is 2.62. The van der Waals surface area contributed by atoms with Crippen LogP contribution in [-0.4, -0.2) is 12.4 Å². The van der Waals surface area contributed by atoms with Crippen molar-refractivity contribution in [2.75, 3.05) is 9.71 Å². The van der Waals surface area contributed by atoms with E-state index in [1.807, 2.05) is 0 Å². The third kappa shape index (κ3) is 4.18. The van der Waals surface area contributed by atoms with Gasteiger partial charge in [-0.25, -0.2) is 0 Å². The van der Waals surface area contributed by atoms with E-state index >= 15 is 0 Å². The van der Waals surface area contributed by atoms with E-state index < -0.39 is 0 Å². The van der Waals surface area contributed by atoms with E-state index in [2.05, 4.69) is 169 Å². The SMILES string of the molecule is Cc1cc(C(C)(C)C)ccc1N1B2c3cc(C(C)(C)C)cc4c3N(c3cc5oc6ccccc6c5c(c32)-c2ccc3oc5ccccc5c3c21)C1(C)CCCCC41C. The van der Waals surface area contributed by atoms with Crippen molar-refractivity contribution >= 4 is 84.4 Å². The summed E-state index contributed by atoms with van der Waals surface area (Å²) < 4.78 is 13.7. The van der Waals surface area contributed by atoms with Gasteiger partial charge < -0.3 is 18.5 Å². The normalized spacial score (nSPS) is 20.9. The number of aryl methyl sites for hydroxylation is 1. The molecule has 58 heavy (non-hydrogen) atoms. The van der Waals surface area contributed by atoms with Gasteiger partial charge in [0.05, 0.1) is 10.9 Å². The summed E-state index contributed by atoms with van der Waals surface area (Å²) in [6.07, 6.45) is 4.81. The Morgan fingerprint density at radius 3 is 2.00 bits per heavy atom. The summed E-state index contributed by atoms with van der Waals surface area (Å²) in [5, 5.41) is 4.69. The average Bonchev–Trinajstić information content (AvgIpc) is 3.82. The molecule has 0 bridgehead atoms. The van der Waals surface area contributed by atoms with Gasteiger partial charge in [-0.2, -0.15) is 0 Å². The third-order valence-electron chi connectivity index (χ3n) is 15.2. The maximum absolute atomic E-state index is 6.95. The molecule has 6 aromatic carbocycles. The summed E-state index contributed by atoms with van der Waals surface area (Å²) in [4.78, 5) is 5.57. The Balaban J connectivity index is 1.32. The molecule has 1 saturated carbocycles. The molecule has 1 aliphatic carbocycles. The molecule has 4 aliphatic rings. The quantitative estimate of drug-likeness (QED) is 0.156. The van der Waals surface area contributed by atoms with Gasteiger partial charge in [-0.1, -0.05) is 122 Å². The minimum Gasteiger partial charge on any atom is -0.456 e. The van der Waals surface area contributed by atoms with Crippen LogP contribution in [0, 0.1) is 6.92 Å². The summed E-state index contributed by atoms with van der Waals surface area (Å²) in [6.45, 7) is 21.5. The summed E-state index contributed by atoms with van der Waals surface area (Å²) >= 11 is 0. The van der Waals surface area contributed by atoms with E-state index in [0.29, 0.717) is 0 Å². The van der Waals surface area contributed by atoms with Crippen LogP contribution in [0.5, 0.6) is 0 Å². The summed E-state index contributed by atoms with van der Waals surface area (Å²) in [5.74, 6) is 0. The predicted octanol–water partition coefficient (Wildman–Crippen LogP) is 13.4. The predicted molar refractivity (Wildman–Crippen MR) is 245 cm³/mol. The van der Waals surface area contributed by atoms with Crippen LogP contribution in [0.15, 0.2) is 106 Å². The molecule has 0 amide bonds. The van der Waals surface area contributed by atoms with Gasteiger partial charge in [0.25, 0.3) is 0 Å². The van der Waals surface area contributed by atoms with Crippen LogP contribution in [-0.2, 0) is 16.2 Å². The van der Waals surface area contributed by atoms with Gasteiger partial charge in [0.1, 0.15) is 22.3 Å². The highest BCUT2D eigenvalue weighted by atomic mass is 16.3. The Morgan fingerprint density at radius 1 is 0.621 bits per heavy atom. The lowest BCUT2D eigenvalue weighted by Crippen LogP contribution is -2.64. The van der Waals surface area contributed by atoms with Crippen molar-refractivity contribution in [3.05, 3.63) is 119 Å². The van der Waals surface area contributed by atoms with Gasteiger partial charge in [-0.05, 0) is 107 Å². The summed E-state index contributed by atoms with van der Waals surface area (Å²) in [6, 6.07) is 36.7. The van der Waals surface area contributed by atoms with Gasteiger partial charge in [0.2, 0.25) is 0 Å². The topological polar surface area (TPSA) is 32.8 Å². The molecule has 5 heterocycles. The van der Waals surface area contributed by atoms with Crippen molar-refractivity contribution in [2.24, 2.45) is 0 Å². The molecule has 0 radical (unpaired) electrons. The van der Waals surface area contributed by atoms with Gasteiger partial charge in [0.15, 0.2) is 0 Å². The number of furan rings is 2. The molecule has 0 saturated heterocycles. The zero-order valence-electron chi connectivity index (χ0n) is 35.4. The molecular weight excluding hydrogens is 707 g/mol. The van der Waals surface area contributed by atoms with Crippen LogP contribution in [0.1, 0.15) is 103 Å². The Hall–Kier alpha value is -5.42. The molecule has 2 aromatic heterocycles. The number of para-hydroxylation sites is 2. The Kier molecular flexibility index (Phi) is 6.56. The lowest BCUT2D eigenvalue weighted by Gasteiger charge is -2.53. The molecule has 288 valence electrons. The van der Waals surface area contributed by atoms with Crippen LogP contribution in [0.3, 0.4) is 0 Å². The lowest BCUT2D eigenvalue weighted by molar-refractivity contribution is 0.195. The van der Waals surface area contributed by atoms with Crippen molar-refractivity contribution in [1.29, 1.82) is 0 Å². The van der Waals surface area contributed by atoms with Gasteiger partial charge >= 0.3 is 6.85 Å². The fourth-order valence-electron chi connectivity index (χ4n) is 12.0. The summed E-state index contributed by atoms with van der Waals surface area (Å²) in [5.41, 5.74) is 19.7. The minimum atomic E-state index is -0.103.